The van der Waals surface area contributed by atoms with E-state index >= 15 is 0 Å². The highest BCUT2D eigenvalue weighted by molar-refractivity contribution is 5.28. The van der Waals surface area contributed by atoms with Gasteiger partial charge in [0, 0.05) is 14.2 Å². The zero-order valence-electron chi connectivity index (χ0n) is 11.3. The Labute approximate surface area is 109 Å². The first-order chi connectivity index (χ1) is 8.85. The molecule has 3 heteroatoms. The van der Waals surface area contributed by atoms with E-state index in [0.717, 1.165) is 13.1 Å². The topological polar surface area (TPSA) is 30.5 Å². The van der Waals surface area contributed by atoms with Gasteiger partial charge in [0.2, 0.25) is 0 Å². The summed E-state index contributed by atoms with van der Waals surface area (Å²) in [6, 6.07) is 8.77. The summed E-state index contributed by atoms with van der Waals surface area (Å²) in [5.41, 5.74) is 2.66. The fourth-order valence-electron chi connectivity index (χ4n) is 2.62. The smallest absolute Gasteiger partial charge is 0.105 e. The molecular weight excluding hydrogens is 226 g/mol. The second kappa shape index (κ2) is 6.88. The van der Waals surface area contributed by atoms with E-state index in [1.807, 2.05) is 0 Å². The van der Waals surface area contributed by atoms with Crippen LogP contribution < -0.4 is 5.32 Å². The van der Waals surface area contributed by atoms with Crippen molar-refractivity contribution in [1.82, 2.24) is 5.32 Å². The van der Waals surface area contributed by atoms with E-state index in [4.69, 9.17) is 9.47 Å². The molecule has 18 heavy (non-hydrogen) atoms. The van der Waals surface area contributed by atoms with Crippen molar-refractivity contribution >= 4 is 0 Å². The van der Waals surface area contributed by atoms with Crippen LogP contribution in [0.4, 0.5) is 0 Å². The largest absolute Gasteiger partial charge is 0.382 e. The first kappa shape index (κ1) is 13.5. The lowest BCUT2D eigenvalue weighted by molar-refractivity contribution is 0.0274. The fourth-order valence-corrected chi connectivity index (χ4v) is 2.62. The molecule has 1 aromatic carbocycles. The monoisotopic (exact) mass is 249 g/mol. The molecule has 1 saturated heterocycles. The van der Waals surface area contributed by atoms with Crippen molar-refractivity contribution in [2.45, 2.75) is 24.9 Å². The van der Waals surface area contributed by atoms with E-state index in [9.17, 15) is 0 Å². The quantitative estimate of drug-likeness (QED) is 0.869. The first-order valence-electron chi connectivity index (χ1n) is 6.67. The van der Waals surface area contributed by atoms with Crippen LogP contribution in [0.25, 0.3) is 0 Å². The molecule has 1 aliphatic heterocycles. The van der Waals surface area contributed by atoms with E-state index in [2.05, 4.69) is 29.6 Å². The van der Waals surface area contributed by atoms with Crippen LogP contribution in [0.1, 0.15) is 36.0 Å². The summed E-state index contributed by atoms with van der Waals surface area (Å²) in [7, 11) is 3.45. The van der Waals surface area contributed by atoms with Crippen LogP contribution in [0.2, 0.25) is 0 Å². The molecule has 1 N–H and O–H groups in total. The Morgan fingerprint density at radius 2 is 2.06 bits per heavy atom. The Bertz CT molecular complexity index is 341. The molecule has 100 valence electrons. The lowest BCUT2D eigenvalue weighted by Crippen LogP contribution is -2.26. The van der Waals surface area contributed by atoms with Gasteiger partial charge in [-0.15, -0.1) is 0 Å². The van der Waals surface area contributed by atoms with Gasteiger partial charge in [0.05, 0.1) is 6.61 Å². The molecule has 0 bridgehead atoms. The van der Waals surface area contributed by atoms with Crippen molar-refractivity contribution in [3.63, 3.8) is 0 Å². The highest BCUT2D eigenvalue weighted by Gasteiger charge is 2.17. The van der Waals surface area contributed by atoms with Crippen molar-refractivity contribution in [3.8, 4) is 0 Å². The lowest BCUT2D eigenvalue weighted by Gasteiger charge is -2.24. The Morgan fingerprint density at radius 3 is 2.72 bits per heavy atom. The maximum Gasteiger partial charge on any atom is 0.105 e. The summed E-state index contributed by atoms with van der Waals surface area (Å²) in [4.78, 5) is 0. The van der Waals surface area contributed by atoms with Gasteiger partial charge >= 0.3 is 0 Å². The third kappa shape index (κ3) is 3.31. The van der Waals surface area contributed by atoms with Gasteiger partial charge in [-0.3, -0.25) is 0 Å². The van der Waals surface area contributed by atoms with Gasteiger partial charge in [0.25, 0.3) is 0 Å². The van der Waals surface area contributed by atoms with Gasteiger partial charge in [-0.25, -0.2) is 0 Å². The molecule has 3 nitrogen and oxygen atoms in total. The summed E-state index contributed by atoms with van der Waals surface area (Å²) in [6.45, 7) is 2.85. The number of hydrogen-bond donors (Lipinski definition) is 1. The van der Waals surface area contributed by atoms with Gasteiger partial charge in [-0.05, 0) is 43.0 Å². The highest BCUT2D eigenvalue weighted by atomic mass is 16.5. The molecule has 0 amide bonds. The summed E-state index contributed by atoms with van der Waals surface area (Å²) >= 11 is 0. The maximum atomic E-state index is 5.48. The summed E-state index contributed by atoms with van der Waals surface area (Å²) in [5.74, 6) is 0.686. The zero-order valence-corrected chi connectivity index (χ0v) is 11.3. The summed E-state index contributed by atoms with van der Waals surface area (Å²) < 4.78 is 10.7. The second-order valence-corrected chi connectivity index (χ2v) is 4.87. The lowest BCUT2D eigenvalue weighted by atomic mass is 9.89. The van der Waals surface area contributed by atoms with Gasteiger partial charge < -0.3 is 14.8 Å². The predicted octanol–water partition coefficient (Wildman–Crippen LogP) is 2.49. The van der Waals surface area contributed by atoms with Crippen LogP contribution in [0.3, 0.4) is 0 Å². The Balaban J connectivity index is 2.12. The zero-order chi connectivity index (χ0) is 12.8. The standard InChI is InChI=1S/C15H23NO2/c1-17-11-15(18-2)14-5-3-4-13(10-14)12-6-8-16-9-7-12/h3-5,10,12,15-16H,6-9,11H2,1-2H3. The molecule has 0 radical (unpaired) electrons. The predicted molar refractivity (Wildman–Crippen MR) is 72.9 cm³/mol. The number of nitrogens with one attached hydrogen (secondary N) is 1. The van der Waals surface area contributed by atoms with E-state index in [1.165, 1.54) is 24.0 Å². The van der Waals surface area contributed by atoms with Gasteiger partial charge in [-0.1, -0.05) is 24.3 Å². The van der Waals surface area contributed by atoms with Gasteiger partial charge in [0.1, 0.15) is 6.10 Å². The molecule has 0 aliphatic carbocycles. The van der Waals surface area contributed by atoms with Crippen LogP contribution in [0, 0.1) is 0 Å². The van der Waals surface area contributed by atoms with Gasteiger partial charge in [-0.2, -0.15) is 0 Å². The number of methoxy groups -OCH3 is 2. The maximum absolute atomic E-state index is 5.48. The SMILES string of the molecule is COCC(OC)c1cccc(C2CCNCC2)c1. The molecule has 1 unspecified atom stereocenters. The molecule has 1 aliphatic rings. The third-order valence-corrected chi connectivity index (χ3v) is 3.70. The molecule has 1 aromatic rings. The van der Waals surface area contributed by atoms with E-state index < -0.39 is 0 Å². The molecule has 1 heterocycles. The molecular formula is C15H23NO2. The Hall–Kier alpha value is -0.900. The summed E-state index contributed by atoms with van der Waals surface area (Å²) in [5, 5.41) is 3.41. The minimum atomic E-state index is 0.0386. The minimum absolute atomic E-state index is 0.0386. The molecule has 0 spiro atoms. The first-order valence-corrected chi connectivity index (χ1v) is 6.67. The molecule has 0 saturated carbocycles. The average molecular weight is 249 g/mol. The van der Waals surface area contributed by atoms with Crippen molar-refractivity contribution in [1.29, 1.82) is 0 Å². The third-order valence-electron chi connectivity index (χ3n) is 3.70. The Kier molecular flexibility index (Phi) is 5.17. The molecule has 1 atom stereocenters. The van der Waals surface area contributed by atoms with Crippen molar-refractivity contribution in [3.05, 3.63) is 35.4 Å². The van der Waals surface area contributed by atoms with E-state index in [1.54, 1.807) is 14.2 Å². The normalized spacial score (nSPS) is 18.8. The number of ether oxygens (including phenoxy) is 2. The van der Waals surface area contributed by atoms with Crippen LogP contribution >= 0.6 is 0 Å². The number of benzene rings is 1. The number of hydrogen-bond acceptors (Lipinski definition) is 3. The number of piperidine rings is 1. The van der Waals surface area contributed by atoms with Crippen molar-refractivity contribution in [2.75, 3.05) is 33.9 Å². The van der Waals surface area contributed by atoms with Crippen LogP contribution in [-0.4, -0.2) is 33.9 Å². The molecule has 0 aromatic heterocycles. The summed E-state index contributed by atoms with van der Waals surface area (Å²) in [6.07, 6.45) is 2.49. The van der Waals surface area contributed by atoms with E-state index in [0.29, 0.717) is 12.5 Å². The molecule has 2 rings (SSSR count). The van der Waals surface area contributed by atoms with Crippen LogP contribution in [0.5, 0.6) is 0 Å². The van der Waals surface area contributed by atoms with Crippen molar-refractivity contribution in [2.24, 2.45) is 0 Å². The highest BCUT2D eigenvalue weighted by Crippen LogP contribution is 2.28. The van der Waals surface area contributed by atoms with Gasteiger partial charge in [0.15, 0.2) is 0 Å². The second-order valence-electron chi connectivity index (χ2n) is 4.87. The van der Waals surface area contributed by atoms with Crippen LogP contribution in [-0.2, 0) is 9.47 Å². The van der Waals surface area contributed by atoms with Crippen molar-refractivity contribution < 1.29 is 9.47 Å². The van der Waals surface area contributed by atoms with Crippen LogP contribution in [0.15, 0.2) is 24.3 Å². The minimum Gasteiger partial charge on any atom is -0.382 e. The van der Waals surface area contributed by atoms with E-state index in [-0.39, 0.29) is 6.10 Å². The average Bonchev–Trinajstić information content (AvgIpc) is 2.46. The number of rotatable bonds is 5. The Morgan fingerprint density at radius 1 is 1.28 bits per heavy atom. The fraction of sp³-hybridized carbons (Fsp3) is 0.600. The molecule has 1 fully saturated rings.